The number of nitrogens with one attached hydrogen (secondary N) is 1. The van der Waals surface area contributed by atoms with Gasteiger partial charge < -0.3 is 54.3 Å². The zero-order valence-corrected chi connectivity index (χ0v) is 36.1. The van der Waals surface area contributed by atoms with Crippen molar-refractivity contribution in [1.82, 2.24) is 10.2 Å². The van der Waals surface area contributed by atoms with Crippen molar-refractivity contribution in [3.8, 4) is 11.5 Å². The standard InChI is InChI=1S/C43H65F2N3O11/c1-12-33-43(8,54)37(50)27(6)46-22-23(2)21-42(7,53)38(25(4)34(49)26(5)39(51)58-33)59-40-36(57-29-19-30(44)35(55-11)31(45)20-29)32(18-24(3)56-40)48(10)41(52)47(9)28-16-14-13-15-17-28/h13-17,19-20,23-27,32-34,36-38,40,46,49-50,53-54H,12,18,21-22H2,1-11H3/t23-,24-,25+,26-,27-,32+,33-,34+,36-,37-,38-,40+,42-,43-/m1/s1. The molecule has 2 amide bonds. The molecule has 2 heterocycles. The smallest absolute Gasteiger partial charge is 0.324 e. The van der Waals surface area contributed by atoms with Crippen LogP contribution in [0.5, 0.6) is 11.5 Å². The number of carbonyl (C=O) groups excluding carboxylic acids is 2. The molecule has 14 nitrogen and oxygen atoms in total. The Morgan fingerprint density at radius 2 is 1.63 bits per heavy atom. The van der Waals surface area contributed by atoms with Crippen LogP contribution in [0.15, 0.2) is 42.5 Å². The normalized spacial score (nSPS) is 36.4. The number of amides is 2. The van der Waals surface area contributed by atoms with Crippen LogP contribution in [0.3, 0.4) is 0 Å². The van der Waals surface area contributed by atoms with Gasteiger partial charge >= 0.3 is 12.0 Å². The lowest BCUT2D eigenvalue weighted by molar-refractivity contribution is -0.293. The van der Waals surface area contributed by atoms with Gasteiger partial charge in [-0.3, -0.25) is 9.69 Å². The fourth-order valence-electron chi connectivity index (χ4n) is 8.44. The van der Waals surface area contributed by atoms with Gasteiger partial charge in [0.05, 0.1) is 43.0 Å². The highest BCUT2D eigenvalue weighted by Crippen LogP contribution is 2.38. The summed E-state index contributed by atoms with van der Waals surface area (Å²) in [7, 11) is 4.31. The van der Waals surface area contributed by atoms with Gasteiger partial charge in [-0.05, 0) is 78.5 Å². The minimum atomic E-state index is -1.85. The molecule has 2 aromatic carbocycles. The Kier molecular flexibility index (Phi) is 16.1. The van der Waals surface area contributed by atoms with Gasteiger partial charge in [0.1, 0.15) is 23.6 Å². The summed E-state index contributed by atoms with van der Waals surface area (Å²) in [6, 6.07) is 8.90. The molecule has 2 saturated heterocycles. The van der Waals surface area contributed by atoms with Gasteiger partial charge in [0, 0.05) is 43.9 Å². The highest BCUT2D eigenvalue weighted by Gasteiger charge is 2.51. The topological polar surface area (TPSA) is 180 Å². The number of para-hydroxylation sites is 1. The number of carbonyl (C=O) groups is 2. The first-order chi connectivity index (χ1) is 27.5. The molecule has 2 fully saturated rings. The lowest BCUT2D eigenvalue weighted by Crippen LogP contribution is -2.62. The van der Waals surface area contributed by atoms with Crippen molar-refractivity contribution in [3.63, 3.8) is 0 Å². The number of methoxy groups -OCH3 is 1. The average molecular weight is 838 g/mol. The van der Waals surface area contributed by atoms with Gasteiger partial charge in [-0.25, -0.2) is 13.6 Å². The van der Waals surface area contributed by atoms with E-state index in [1.54, 1.807) is 66.1 Å². The first kappa shape index (κ1) is 48.0. The van der Waals surface area contributed by atoms with E-state index in [1.165, 1.54) is 30.6 Å². The fourth-order valence-corrected chi connectivity index (χ4v) is 8.44. The summed E-state index contributed by atoms with van der Waals surface area (Å²) >= 11 is 0. The number of nitrogens with zero attached hydrogens (tertiary/aromatic N) is 2. The first-order valence-electron chi connectivity index (χ1n) is 20.4. The number of cyclic esters (lactones) is 1. The minimum absolute atomic E-state index is 0.0731. The lowest BCUT2D eigenvalue weighted by atomic mass is 9.78. The summed E-state index contributed by atoms with van der Waals surface area (Å²) in [5.74, 6) is -6.28. The predicted octanol–water partition coefficient (Wildman–Crippen LogP) is 4.63. The molecular weight excluding hydrogens is 772 g/mol. The number of rotatable bonds is 8. The van der Waals surface area contributed by atoms with Crippen molar-refractivity contribution in [2.45, 2.75) is 141 Å². The number of urea groups is 1. The number of aliphatic hydroxyl groups excluding tert-OH is 2. The largest absolute Gasteiger partial charge is 0.491 e. The number of hydrogen-bond acceptors (Lipinski definition) is 12. The van der Waals surface area contributed by atoms with E-state index >= 15 is 8.78 Å². The summed E-state index contributed by atoms with van der Waals surface area (Å²) in [5.41, 5.74) is -2.99. The molecule has 0 aromatic heterocycles. The number of esters is 1. The molecular formula is C43H65F2N3O11. The zero-order valence-electron chi connectivity index (χ0n) is 36.1. The van der Waals surface area contributed by atoms with E-state index in [9.17, 15) is 30.0 Å². The number of anilines is 1. The molecule has 2 aliphatic heterocycles. The lowest BCUT2D eigenvalue weighted by Gasteiger charge is -2.48. The quantitative estimate of drug-likeness (QED) is 0.233. The summed E-state index contributed by atoms with van der Waals surface area (Å²) < 4.78 is 60.3. The van der Waals surface area contributed by atoms with Crippen molar-refractivity contribution >= 4 is 17.7 Å². The summed E-state index contributed by atoms with van der Waals surface area (Å²) in [6.45, 7) is 13.3. The molecule has 0 saturated carbocycles. The second-order valence-corrected chi connectivity index (χ2v) is 17.0. The molecule has 332 valence electrons. The van der Waals surface area contributed by atoms with Crippen LogP contribution in [0.2, 0.25) is 0 Å². The average Bonchev–Trinajstić information content (AvgIpc) is 3.19. The SMILES string of the molecule is CC[C@H]1OC(=O)[C@H](C)[C@@H](O)[C@H](C)[C@@H](O[C@@H]2O[C@H](C)C[C@H](N(C)C(=O)N(C)c3ccccc3)[C@H]2Oc2cc(F)c(OC)c(F)c2)[C@](C)(O)C[C@@H](C)CN[C@H](C)[C@@H](O)[C@]1(C)O. The van der Waals surface area contributed by atoms with Gasteiger partial charge in [0.15, 0.2) is 29.8 Å². The number of ether oxygens (including phenoxy) is 5. The summed E-state index contributed by atoms with van der Waals surface area (Å²) in [6.07, 6.45) is -8.11. The van der Waals surface area contributed by atoms with Crippen LogP contribution >= 0.6 is 0 Å². The number of benzene rings is 2. The van der Waals surface area contributed by atoms with Crippen LogP contribution in [-0.4, -0.2) is 131 Å². The third-order valence-corrected chi connectivity index (χ3v) is 12.0. The molecule has 2 aliphatic rings. The monoisotopic (exact) mass is 837 g/mol. The van der Waals surface area contributed by atoms with Crippen LogP contribution in [0, 0.1) is 29.4 Å². The van der Waals surface area contributed by atoms with E-state index in [0.717, 1.165) is 19.2 Å². The molecule has 0 bridgehead atoms. The van der Waals surface area contributed by atoms with E-state index in [2.05, 4.69) is 5.32 Å². The molecule has 0 radical (unpaired) electrons. The highest BCUT2D eigenvalue weighted by molar-refractivity contribution is 5.91. The number of halogens is 2. The molecule has 0 unspecified atom stereocenters. The fraction of sp³-hybridized carbons (Fsp3) is 0.674. The van der Waals surface area contributed by atoms with Crippen molar-refractivity contribution < 1.29 is 62.5 Å². The Morgan fingerprint density at radius 3 is 2.20 bits per heavy atom. The third kappa shape index (κ3) is 11.0. The maximum atomic E-state index is 15.1. The van der Waals surface area contributed by atoms with Gasteiger partial charge in [0.25, 0.3) is 0 Å². The summed E-state index contributed by atoms with van der Waals surface area (Å²) in [4.78, 5) is 30.6. The van der Waals surface area contributed by atoms with Crippen molar-refractivity contribution in [1.29, 1.82) is 0 Å². The Morgan fingerprint density at radius 1 is 1.02 bits per heavy atom. The molecule has 4 rings (SSSR count). The van der Waals surface area contributed by atoms with Crippen LogP contribution in [0.1, 0.15) is 74.7 Å². The predicted molar refractivity (Wildman–Crippen MR) is 216 cm³/mol. The van der Waals surface area contributed by atoms with Crippen LogP contribution < -0.4 is 19.7 Å². The van der Waals surface area contributed by atoms with Crippen LogP contribution in [0.25, 0.3) is 0 Å². The Labute approximate surface area is 346 Å². The maximum absolute atomic E-state index is 15.1. The van der Waals surface area contributed by atoms with E-state index in [0.29, 0.717) is 5.69 Å². The van der Waals surface area contributed by atoms with Crippen LogP contribution in [-0.2, 0) is 19.0 Å². The van der Waals surface area contributed by atoms with E-state index < -0.39 is 107 Å². The summed E-state index contributed by atoms with van der Waals surface area (Å²) in [5, 5.41) is 50.1. The van der Waals surface area contributed by atoms with E-state index in [4.69, 9.17) is 23.7 Å². The molecule has 0 aliphatic carbocycles. The molecule has 14 atom stereocenters. The molecule has 2 aromatic rings. The Hall–Kier alpha value is -3.64. The van der Waals surface area contributed by atoms with Gasteiger partial charge in [0.2, 0.25) is 0 Å². The van der Waals surface area contributed by atoms with Gasteiger partial charge in [-0.2, -0.15) is 0 Å². The van der Waals surface area contributed by atoms with Crippen molar-refractivity contribution in [2.75, 3.05) is 32.6 Å². The van der Waals surface area contributed by atoms with Crippen molar-refractivity contribution in [3.05, 3.63) is 54.1 Å². The molecule has 0 spiro atoms. The molecule has 16 heteroatoms. The minimum Gasteiger partial charge on any atom is -0.491 e. The first-order valence-corrected chi connectivity index (χ1v) is 20.4. The second kappa shape index (κ2) is 19.8. The van der Waals surface area contributed by atoms with Gasteiger partial charge in [-0.1, -0.05) is 39.0 Å². The third-order valence-electron chi connectivity index (χ3n) is 12.0. The Balaban J connectivity index is 1.80. The Bertz CT molecular complexity index is 1680. The highest BCUT2D eigenvalue weighted by atomic mass is 19.1. The van der Waals surface area contributed by atoms with Gasteiger partial charge in [-0.15, -0.1) is 0 Å². The molecule has 5 N–H and O–H groups in total. The molecule has 59 heavy (non-hydrogen) atoms. The zero-order chi connectivity index (χ0) is 44.1. The van der Waals surface area contributed by atoms with E-state index in [-0.39, 0.29) is 37.5 Å². The number of hydrogen-bond donors (Lipinski definition) is 5. The number of aliphatic hydroxyl groups is 4. The maximum Gasteiger partial charge on any atom is 0.324 e. The van der Waals surface area contributed by atoms with Crippen LogP contribution in [0.4, 0.5) is 19.3 Å². The second-order valence-electron chi connectivity index (χ2n) is 17.0. The van der Waals surface area contributed by atoms with Crippen molar-refractivity contribution in [2.24, 2.45) is 17.8 Å². The van der Waals surface area contributed by atoms with E-state index in [1.807, 2.05) is 13.0 Å². The number of likely N-dealkylation sites (N-methyl/N-ethyl adjacent to an activating group) is 1.